The third-order valence-electron chi connectivity index (χ3n) is 3.35. The van der Waals surface area contributed by atoms with E-state index >= 15 is 0 Å². The molecule has 0 radical (unpaired) electrons. The number of aromatic nitrogens is 5. The lowest BCUT2D eigenvalue weighted by atomic mass is 10.2. The maximum Gasteiger partial charge on any atom is 0.219 e. The maximum atomic E-state index is 5.87. The van der Waals surface area contributed by atoms with Gasteiger partial charge in [-0.3, -0.25) is 9.97 Å². The SMILES string of the molecule is Cc1cnc(COc2cc(-c3ccoc3)nc3ccnn23)cn1. The number of rotatable bonds is 4. The Bertz CT molecular complexity index is 929. The Morgan fingerprint density at radius 1 is 1.22 bits per heavy atom. The van der Waals surface area contributed by atoms with Gasteiger partial charge in [0.1, 0.15) is 6.61 Å². The van der Waals surface area contributed by atoms with Crippen molar-refractivity contribution in [3.05, 3.63) is 60.7 Å². The fourth-order valence-electron chi connectivity index (χ4n) is 2.19. The van der Waals surface area contributed by atoms with E-state index in [2.05, 4.69) is 20.1 Å². The number of nitrogens with zero attached hydrogens (tertiary/aromatic N) is 5. The van der Waals surface area contributed by atoms with Crippen molar-refractivity contribution < 1.29 is 9.15 Å². The molecule has 0 atom stereocenters. The van der Waals surface area contributed by atoms with Crippen molar-refractivity contribution in [2.45, 2.75) is 13.5 Å². The van der Waals surface area contributed by atoms with Crippen molar-refractivity contribution >= 4 is 5.65 Å². The van der Waals surface area contributed by atoms with Crippen LogP contribution < -0.4 is 4.74 Å². The first-order valence-corrected chi connectivity index (χ1v) is 7.07. The second-order valence-electron chi connectivity index (χ2n) is 5.03. The van der Waals surface area contributed by atoms with E-state index in [4.69, 9.17) is 9.15 Å². The van der Waals surface area contributed by atoms with Gasteiger partial charge in [-0.2, -0.15) is 9.61 Å². The predicted molar refractivity (Wildman–Crippen MR) is 81.8 cm³/mol. The van der Waals surface area contributed by atoms with E-state index in [1.54, 1.807) is 35.6 Å². The van der Waals surface area contributed by atoms with E-state index in [1.165, 1.54) is 0 Å². The molecular weight excluding hydrogens is 294 g/mol. The third kappa shape index (κ3) is 2.64. The van der Waals surface area contributed by atoms with Crippen molar-refractivity contribution in [1.82, 2.24) is 24.6 Å². The van der Waals surface area contributed by atoms with Crippen LogP contribution >= 0.6 is 0 Å². The summed E-state index contributed by atoms with van der Waals surface area (Å²) in [5, 5.41) is 4.24. The Morgan fingerprint density at radius 3 is 2.96 bits per heavy atom. The summed E-state index contributed by atoms with van der Waals surface area (Å²) >= 11 is 0. The molecule has 7 nitrogen and oxygen atoms in total. The monoisotopic (exact) mass is 307 g/mol. The van der Waals surface area contributed by atoms with Crippen LogP contribution in [0, 0.1) is 6.92 Å². The molecule has 4 rings (SSSR count). The topological polar surface area (TPSA) is 78.3 Å². The van der Waals surface area contributed by atoms with Crippen LogP contribution in [0.25, 0.3) is 16.9 Å². The van der Waals surface area contributed by atoms with E-state index in [0.717, 1.165) is 22.6 Å². The molecule has 0 N–H and O–H groups in total. The normalized spacial score (nSPS) is 11.0. The fourth-order valence-corrected chi connectivity index (χ4v) is 2.19. The Kier molecular flexibility index (Phi) is 3.23. The van der Waals surface area contributed by atoms with E-state index in [1.807, 2.05) is 25.1 Å². The molecule has 0 unspecified atom stereocenters. The van der Waals surface area contributed by atoms with E-state index in [-0.39, 0.29) is 0 Å². The van der Waals surface area contributed by atoms with Crippen LogP contribution in [0.2, 0.25) is 0 Å². The van der Waals surface area contributed by atoms with E-state index in [0.29, 0.717) is 18.1 Å². The zero-order valence-corrected chi connectivity index (χ0v) is 12.4. The van der Waals surface area contributed by atoms with Gasteiger partial charge in [-0.1, -0.05) is 0 Å². The number of fused-ring (bicyclic) bond motifs is 1. The molecule has 0 aliphatic carbocycles. The van der Waals surface area contributed by atoms with Crippen LogP contribution in [0.3, 0.4) is 0 Å². The first-order valence-electron chi connectivity index (χ1n) is 7.07. The van der Waals surface area contributed by atoms with Gasteiger partial charge >= 0.3 is 0 Å². The molecule has 23 heavy (non-hydrogen) atoms. The quantitative estimate of drug-likeness (QED) is 0.577. The molecule has 4 aromatic heterocycles. The predicted octanol–water partition coefficient (Wildman–Crippen LogP) is 2.67. The molecule has 0 aromatic carbocycles. The highest BCUT2D eigenvalue weighted by Crippen LogP contribution is 2.24. The van der Waals surface area contributed by atoms with Crippen molar-refractivity contribution in [1.29, 1.82) is 0 Å². The van der Waals surface area contributed by atoms with Gasteiger partial charge in [0.25, 0.3) is 0 Å². The van der Waals surface area contributed by atoms with Crippen molar-refractivity contribution in [3.63, 3.8) is 0 Å². The molecule has 0 spiro atoms. The maximum absolute atomic E-state index is 5.87. The lowest BCUT2D eigenvalue weighted by Crippen LogP contribution is -2.05. The highest BCUT2D eigenvalue weighted by Gasteiger charge is 2.10. The molecule has 114 valence electrons. The molecule has 4 aromatic rings. The summed E-state index contributed by atoms with van der Waals surface area (Å²) in [5.41, 5.74) is 3.96. The minimum Gasteiger partial charge on any atom is -0.472 e. The van der Waals surface area contributed by atoms with Gasteiger partial charge < -0.3 is 9.15 Å². The lowest BCUT2D eigenvalue weighted by Gasteiger charge is -2.09. The molecule has 0 fully saturated rings. The Balaban J connectivity index is 1.67. The van der Waals surface area contributed by atoms with Gasteiger partial charge in [-0.15, -0.1) is 0 Å². The number of hydrogen-bond donors (Lipinski definition) is 0. The average molecular weight is 307 g/mol. The molecule has 0 amide bonds. The van der Waals surface area contributed by atoms with E-state index < -0.39 is 0 Å². The van der Waals surface area contributed by atoms with Gasteiger partial charge in [0.2, 0.25) is 5.88 Å². The summed E-state index contributed by atoms with van der Waals surface area (Å²) in [7, 11) is 0. The Hall–Kier alpha value is -3.22. The molecule has 7 heteroatoms. The summed E-state index contributed by atoms with van der Waals surface area (Å²) in [6, 6.07) is 5.50. The number of furan rings is 1. The molecule has 0 bridgehead atoms. The van der Waals surface area contributed by atoms with Gasteiger partial charge in [0.05, 0.1) is 42.0 Å². The Labute approximate surface area is 131 Å². The smallest absolute Gasteiger partial charge is 0.219 e. The third-order valence-corrected chi connectivity index (χ3v) is 3.35. The largest absolute Gasteiger partial charge is 0.472 e. The van der Waals surface area contributed by atoms with Crippen molar-refractivity contribution in [2.24, 2.45) is 0 Å². The highest BCUT2D eigenvalue weighted by atomic mass is 16.5. The van der Waals surface area contributed by atoms with Crippen LogP contribution in [-0.4, -0.2) is 24.6 Å². The zero-order valence-electron chi connectivity index (χ0n) is 12.4. The minimum atomic E-state index is 0.303. The average Bonchev–Trinajstić information content (AvgIpc) is 3.25. The van der Waals surface area contributed by atoms with Crippen molar-refractivity contribution in [3.8, 4) is 17.1 Å². The van der Waals surface area contributed by atoms with Crippen LogP contribution in [0.15, 0.2) is 53.7 Å². The number of hydrogen-bond acceptors (Lipinski definition) is 6. The summed E-state index contributed by atoms with van der Waals surface area (Å²) in [6.45, 7) is 2.20. The van der Waals surface area contributed by atoms with Crippen LogP contribution in [0.1, 0.15) is 11.4 Å². The first kappa shape index (κ1) is 13.4. The van der Waals surface area contributed by atoms with Gasteiger partial charge in [0, 0.05) is 23.9 Å². The summed E-state index contributed by atoms with van der Waals surface area (Å²) in [4.78, 5) is 13.0. The second kappa shape index (κ2) is 5.53. The van der Waals surface area contributed by atoms with Crippen LogP contribution in [-0.2, 0) is 6.61 Å². The zero-order chi connectivity index (χ0) is 15.6. The van der Waals surface area contributed by atoms with Crippen LogP contribution in [0.5, 0.6) is 5.88 Å². The molecule has 0 aliphatic heterocycles. The summed E-state index contributed by atoms with van der Waals surface area (Å²) < 4.78 is 12.6. The number of aryl methyl sites for hydroxylation is 1. The molecule has 0 aliphatic rings. The molecule has 0 saturated heterocycles. The highest BCUT2D eigenvalue weighted by molar-refractivity contribution is 5.62. The minimum absolute atomic E-state index is 0.303. The van der Waals surface area contributed by atoms with Gasteiger partial charge in [-0.05, 0) is 13.0 Å². The fraction of sp³-hybridized carbons (Fsp3) is 0.125. The van der Waals surface area contributed by atoms with E-state index in [9.17, 15) is 0 Å². The van der Waals surface area contributed by atoms with Gasteiger partial charge in [0.15, 0.2) is 5.65 Å². The first-order chi connectivity index (χ1) is 11.3. The van der Waals surface area contributed by atoms with Crippen LogP contribution in [0.4, 0.5) is 0 Å². The molecular formula is C16H13N5O2. The molecule has 4 heterocycles. The summed E-state index contributed by atoms with van der Waals surface area (Å²) in [5.74, 6) is 0.582. The lowest BCUT2D eigenvalue weighted by molar-refractivity contribution is 0.280. The Morgan fingerprint density at radius 2 is 2.17 bits per heavy atom. The van der Waals surface area contributed by atoms with Crippen molar-refractivity contribution in [2.75, 3.05) is 0 Å². The number of ether oxygens (including phenoxy) is 1. The van der Waals surface area contributed by atoms with Gasteiger partial charge in [-0.25, -0.2) is 4.98 Å². The second-order valence-corrected chi connectivity index (χ2v) is 5.03. The summed E-state index contributed by atoms with van der Waals surface area (Å²) in [6.07, 6.45) is 8.35. The molecule has 0 saturated carbocycles. The standard InChI is InChI=1S/C16H13N5O2/c1-11-7-18-13(8-17-11)10-23-16-6-14(12-3-5-22-9-12)20-15-2-4-19-21(15)16/h2-9H,10H2,1H3.